The standard InChI is InChI=1S/C12H19N3O5S/c1-3-20-12(16)8-7-13-14-11(8)21(17,18)15-9-5-4-6-10(9)19-2/h7,9-10,15H,3-6H2,1-2H3,(H,13,14). The largest absolute Gasteiger partial charge is 0.462 e. The van der Waals surface area contributed by atoms with Crippen LogP contribution in [0.5, 0.6) is 0 Å². The molecule has 2 unspecified atom stereocenters. The maximum Gasteiger partial charge on any atom is 0.342 e. The zero-order valence-corrected chi connectivity index (χ0v) is 12.8. The summed E-state index contributed by atoms with van der Waals surface area (Å²) in [5.74, 6) is -0.721. The van der Waals surface area contributed by atoms with Crippen LogP contribution in [-0.4, -0.2) is 50.4 Å². The Morgan fingerprint density at radius 2 is 2.29 bits per heavy atom. The number of ether oxygens (including phenoxy) is 2. The number of nitrogens with one attached hydrogen (secondary N) is 2. The van der Waals surface area contributed by atoms with Crippen molar-refractivity contribution in [3.05, 3.63) is 11.8 Å². The average molecular weight is 317 g/mol. The SMILES string of the molecule is CCOC(=O)c1cn[nH]c1S(=O)(=O)NC1CCCC1OC. The molecule has 0 saturated heterocycles. The van der Waals surface area contributed by atoms with Gasteiger partial charge in [0.1, 0.15) is 5.56 Å². The van der Waals surface area contributed by atoms with Crippen molar-refractivity contribution in [2.24, 2.45) is 0 Å². The number of esters is 1. The molecule has 1 aliphatic carbocycles. The number of aromatic nitrogens is 2. The van der Waals surface area contributed by atoms with Gasteiger partial charge in [-0.25, -0.2) is 17.9 Å². The van der Waals surface area contributed by atoms with E-state index in [1.165, 1.54) is 0 Å². The highest BCUT2D eigenvalue weighted by Crippen LogP contribution is 2.24. The maximum atomic E-state index is 12.4. The lowest BCUT2D eigenvalue weighted by molar-refractivity contribution is 0.0521. The van der Waals surface area contributed by atoms with Crippen LogP contribution in [0, 0.1) is 0 Å². The molecule has 1 aromatic rings. The summed E-state index contributed by atoms with van der Waals surface area (Å²) >= 11 is 0. The van der Waals surface area contributed by atoms with Crippen molar-refractivity contribution in [3.63, 3.8) is 0 Å². The van der Waals surface area contributed by atoms with E-state index in [2.05, 4.69) is 14.9 Å². The van der Waals surface area contributed by atoms with Crippen LogP contribution in [0.2, 0.25) is 0 Å². The van der Waals surface area contributed by atoms with Gasteiger partial charge in [0.2, 0.25) is 0 Å². The van der Waals surface area contributed by atoms with E-state index in [0.717, 1.165) is 19.0 Å². The molecule has 8 nitrogen and oxygen atoms in total. The number of sulfonamides is 1. The minimum absolute atomic E-state index is 0.101. The van der Waals surface area contributed by atoms with Gasteiger partial charge in [-0.3, -0.25) is 5.10 Å². The van der Waals surface area contributed by atoms with Gasteiger partial charge in [0.05, 0.1) is 18.9 Å². The van der Waals surface area contributed by atoms with Crippen LogP contribution in [0.25, 0.3) is 0 Å². The van der Waals surface area contributed by atoms with Gasteiger partial charge in [-0.15, -0.1) is 0 Å². The molecule has 0 radical (unpaired) electrons. The Morgan fingerprint density at radius 3 is 2.95 bits per heavy atom. The van der Waals surface area contributed by atoms with Gasteiger partial charge >= 0.3 is 5.97 Å². The van der Waals surface area contributed by atoms with Gasteiger partial charge in [-0.2, -0.15) is 5.10 Å². The van der Waals surface area contributed by atoms with Gasteiger partial charge in [0, 0.05) is 13.2 Å². The van der Waals surface area contributed by atoms with E-state index in [1.54, 1.807) is 14.0 Å². The predicted molar refractivity (Wildman–Crippen MR) is 73.3 cm³/mol. The fourth-order valence-electron chi connectivity index (χ4n) is 2.43. The second kappa shape index (κ2) is 6.54. The van der Waals surface area contributed by atoms with Crippen molar-refractivity contribution < 1.29 is 22.7 Å². The molecule has 1 fully saturated rings. The van der Waals surface area contributed by atoms with Crippen LogP contribution in [-0.2, 0) is 19.5 Å². The molecule has 2 N–H and O–H groups in total. The van der Waals surface area contributed by atoms with Gasteiger partial charge in [-0.1, -0.05) is 0 Å². The van der Waals surface area contributed by atoms with Gasteiger partial charge in [0.15, 0.2) is 5.03 Å². The number of carbonyl (C=O) groups is 1. The van der Waals surface area contributed by atoms with Gasteiger partial charge in [0.25, 0.3) is 10.0 Å². The smallest absolute Gasteiger partial charge is 0.342 e. The van der Waals surface area contributed by atoms with Crippen LogP contribution in [0.4, 0.5) is 0 Å². The topological polar surface area (TPSA) is 110 Å². The Balaban J connectivity index is 2.20. The first-order valence-electron chi connectivity index (χ1n) is 6.75. The van der Waals surface area contributed by atoms with Crippen LogP contribution in [0.1, 0.15) is 36.5 Å². The van der Waals surface area contributed by atoms with E-state index in [-0.39, 0.29) is 29.3 Å². The highest BCUT2D eigenvalue weighted by molar-refractivity contribution is 7.89. The molecule has 1 saturated carbocycles. The second-order valence-electron chi connectivity index (χ2n) is 4.77. The molecule has 1 aromatic heterocycles. The molecule has 0 amide bonds. The molecule has 21 heavy (non-hydrogen) atoms. The van der Waals surface area contributed by atoms with Crippen LogP contribution < -0.4 is 4.72 Å². The molecule has 9 heteroatoms. The van der Waals surface area contributed by atoms with Crippen LogP contribution >= 0.6 is 0 Å². The Hall–Kier alpha value is -1.45. The van der Waals surface area contributed by atoms with Crippen molar-refractivity contribution in [1.29, 1.82) is 0 Å². The Bertz CT molecular complexity index is 598. The zero-order chi connectivity index (χ0) is 15.5. The monoisotopic (exact) mass is 317 g/mol. The Kier molecular flexibility index (Phi) is 4.96. The van der Waals surface area contributed by atoms with Gasteiger partial charge in [-0.05, 0) is 26.2 Å². The summed E-state index contributed by atoms with van der Waals surface area (Å²) in [5.41, 5.74) is -0.101. The van der Waals surface area contributed by atoms with E-state index in [4.69, 9.17) is 9.47 Å². The van der Waals surface area contributed by atoms with E-state index in [0.29, 0.717) is 6.42 Å². The van der Waals surface area contributed by atoms with Crippen molar-refractivity contribution in [2.45, 2.75) is 43.4 Å². The minimum Gasteiger partial charge on any atom is -0.462 e. The van der Waals surface area contributed by atoms with E-state index in [9.17, 15) is 13.2 Å². The summed E-state index contributed by atoms with van der Waals surface area (Å²) in [5, 5.41) is 5.70. The maximum absolute atomic E-state index is 12.4. The number of rotatable bonds is 6. The summed E-state index contributed by atoms with van der Waals surface area (Å²) in [6.45, 7) is 1.80. The normalized spacial score (nSPS) is 22.4. The molecular weight excluding hydrogens is 298 g/mol. The summed E-state index contributed by atoms with van der Waals surface area (Å²) in [6, 6.07) is -0.307. The van der Waals surface area contributed by atoms with Crippen molar-refractivity contribution in [1.82, 2.24) is 14.9 Å². The average Bonchev–Trinajstić information content (AvgIpc) is 3.06. The van der Waals surface area contributed by atoms with Gasteiger partial charge < -0.3 is 9.47 Å². The Labute approximate surface area is 123 Å². The van der Waals surface area contributed by atoms with Crippen molar-refractivity contribution in [2.75, 3.05) is 13.7 Å². The lowest BCUT2D eigenvalue weighted by Crippen LogP contribution is -2.41. The number of methoxy groups -OCH3 is 1. The summed E-state index contributed by atoms with van der Waals surface area (Å²) in [7, 11) is -2.33. The molecule has 1 heterocycles. The number of nitrogens with zero attached hydrogens (tertiary/aromatic N) is 1. The van der Waals surface area contributed by atoms with Crippen LogP contribution in [0.3, 0.4) is 0 Å². The second-order valence-corrected chi connectivity index (χ2v) is 6.42. The molecule has 2 rings (SSSR count). The lowest BCUT2D eigenvalue weighted by atomic mass is 10.2. The molecule has 1 aliphatic rings. The van der Waals surface area contributed by atoms with E-state index in [1.807, 2.05) is 0 Å². The molecule has 0 bridgehead atoms. The molecule has 2 atom stereocenters. The molecule has 0 aliphatic heterocycles. The fourth-order valence-corrected chi connectivity index (χ4v) is 3.82. The number of carbonyl (C=O) groups excluding carboxylic acids is 1. The molecule has 118 valence electrons. The van der Waals surface area contributed by atoms with Crippen LogP contribution in [0.15, 0.2) is 11.2 Å². The summed E-state index contributed by atoms with van der Waals surface area (Å²) in [4.78, 5) is 11.7. The quantitative estimate of drug-likeness (QED) is 0.736. The number of hydrogen-bond acceptors (Lipinski definition) is 6. The first-order valence-corrected chi connectivity index (χ1v) is 8.23. The first-order chi connectivity index (χ1) is 9.99. The minimum atomic E-state index is -3.89. The number of aromatic amines is 1. The highest BCUT2D eigenvalue weighted by atomic mass is 32.2. The predicted octanol–water partition coefficient (Wildman–Crippen LogP) is 0.432. The summed E-state index contributed by atoms with van der Waals surface area (Å²) < 4.78 is 37.4. The molecule has 0 spiro atoms. The van der Waals surface area contributed by atoms with Crippen molar-refractivity contribution >= 4 is 16.0 Å². The third-order valence-electron chi connectivity index (χ3n) is 3.43. The molecular formula is C12H19N3O5S. The fraction of sp³-hybridized carbons (Fsp3) is 0.667. The van der Waals surface area contributed by atoms with Crippen molar-refractivity contribution in [3.8, 4) is 0 Å². The highest BCUT2D eigenvalue weighted by Gasteiger charge is 2.34. The third-order valence-corrected chi connectivity index (χ3v) is 4.89. The zero-order valence-electron chi connectivity index (χ0n) is 12.0. The molecule has 0 aromatic carbocycles. The van der Waals surface area contributed by atoms with E-state index >= 15 is 0 Å². The Morgan fingerprint density at radius 1 is 1.52 bits per heavy atom. The summed E-state index contributed by atoms with van der Waals surface area (Å²) in [6.07, 6.45) is 3.38. The first kappa shape index (κ1) is 15.9. The number of H-pyrrole nitrogens is 1. The van der Waals surface area contributed by atoms with E-state index < -0.39 is 16.0 Å². The lowest BCUT2D eigenvalue weighted by Gasteiger charge is -2.19. The number of hydrogen-bond donors (Lipinski definition) is 2. The third kappa shape index (κ3) is 3.42.